The van der Waals surface area contributed by atoms with Crippen LogP contribution in [-0.4, -0.2) is 21.6 Å². The summed E-state index contributed by atoms with van der Waals surface area (Å²) in [5.74, 6) is -1.04. The minimum absolute atomic E-state index is 0.0532. The summed E-state index contributed by atoms with van der Waals surface area (Å²) >= 11 is 1.28. The van der Waals surface area contributed by atoms with E-state index in [0.29, 0.717) is 15.6 Å². The van der Waals surface area contributed by atoms with E-state index in [1.54, 1.807) is 24.3 Å². The number of carbonyl (C=O) groups excluding carboxylic acids is 2. The topological polar surface area (TPSA) is 93.1 Å². The summed E-state index contributed by atoms with van der Waals surface area (Å²) in [6.45, 7) is 0. The van der Waals surface area contributed by atoms with Crippen molar-refractivity contribution in [3.63, 3.8) is 0 Å². The number of fused-ring (bicyclic) bond motifs is 1. The molecule has 0 spiro atoms. The van der Waals surface area contributed by atoms with Gasteiger partial charge in [0.2, 0.25) is 0 Å². The number of amides is 2. The summed E-state index contributed by atoms with van der Waals surface area (Å²) in [6.07, 6.45) is 0. The molecule has 0 aliphatic carbocycles. The standard InChI is InChI=1S/C21H16N4O3S/c1-25-21(28)16-10-6-5-9-15(16)17(24-25)19(26)22-23-20(27)18-14(11-12-29-18)13-7-3-2-4-8-13/h2-12H,1H3,(H,22,26)(H,23,27). The van der Waals surface area contributed by atoms with Crippen LogP contribution in [-0.2, 0) is 7.05 Å². The van der Waals surface area contributed by atoms with Gasteiger partial charge in [0.05, 0.1) is 5.39 Å². The molecular weight excluding hydrogens is 388 g/mol. The lowest BCUT2D eigenvalue weighted by atomic mass is 10.1. The molecule has 0 bridgehead atoms. The van der Waals surface area contributed by atoms with Gasteiger partial charge in [-0.25, -0.2) is 4.68 Å². The van der Waals surface area contributed by atoms with E-state index in [4.69, 9.17) is 0 Å². The van der Waals surface area contributed by atoms with Crippen molar-refractivity contribution in [2.24, 2.45) is 7.05 Å². The third-order valence-electron chi connectivity index (χ3n) is 4.42. The minimum Gasteiger partial charge on any atom is -0.267 e. The van der Waals surface area contributed by atoms with Gasteiger partial charge in [0.1, 0.15) is 4.88 Å². The second-order valence-electron chi connectivity index (χ2n) is 6.26. The first-order chi connectivity index (χ1) is 14.1. The Morgan fingerprint density at radius 1 is 0.897 bits per heavy atom. The monoisotopic (exact) mass is 404 g/mol. The summed E-state index contributed by atoms with van der Waals surface area (Å²) in [5, 5.41) is 6.67. The lowest BCUT2D eigenvalue weighted by Gasteiger charge is -2.10. The van der Waals surface area contributed by atoms with Gasteiger partial charge in [0.25, 0.3) is 17.4 Å². The fourth-order valence-corrected chi connectivity index (χ4v) is 3.84. The van der Waals surface area contributed by atoms with Crippen LogP contribution in [0, 0.1) is 0 Å². The number of hydrogen-bond donors (Lipinski definition) is 2. The molecule has 0 aliphatic rings. The number of thiophene rings is 1. The highest BCUT2D eigenvalue weighted by atomic mass is 32.1. The predicted octanol–water partition coefficient (Wildman–Crippen LogP) is 2.74. The zero-order chi connectivity index (χ0) is 20.4. The van der Waals surface area contributed by atoms with Crippen LogP contribution >= 0.6 is 11.3 Å². The first kappa shape index (κ1) is 18.6. The van der Waals surface area contributed by atoms with Crippen LogP contribution in [0.5, 0.6) is 0 Å². The van der Waals surface area contributed by atoms with Gasteiger partial charge in [-0.05, 0) is 23.1 Å². The summed E-state index contributed by atoms with van der Waals surface area (Å²) < 4.78 is 1.10. The molecule has 0 fully saturated rings. The molecule has 29 heavy (non-hydrogen) atoms. The van der Waals surface area contributed by atoms with Crippen molar-refractivity contribution in [1.29, 1.82) is 0 Å². The van der Waals surface area contributed by atoms with Crippen molar-refractivity contribution in [2.75, 3.05) is 0 Å². The van der Waals surface area contributed by atoms with Gasteiger partial charge in [-0.2, -0.15) is 5.10 Å². The van der Waals surface area contributed by atoms with Crippen molar-refractivity contribution < 1.29 is 9.59 Å². The molecule has 2 heterocycles. The van der Waals surface area contributed by atoms with E-state index in [2.05, 4.69) is 16.0 Å². The Balaban J connectivity index is 1.57. The summed E-state index contributed by atoms with van der Waals surface area (Å²) in [5.41, 5.74) is 6.28. The Bertz CT molecular complexity index is 1280. The molecule has 144 valence electrons. The maximum atomic E-state index is 12.7. The molecule has 0 atom stereocenters. The molecular formula is C21H16N4O3S. The normalized spacial score (nSPS) is 10.7. The molecule has 2 aromatic heterocycles. The summed E-state index contributed by atoms with van der Waals surface area (Å²) in [4.78, 5) is 38.0. The highest BCUT2D eigenvalue weighted by Gasteiger charge is 2.18. The van der Waals surface area contributed by atoms with Gasteiger partial charge < -0.3 is 0 Å². The van der Waals surface area contributed by atoms with Gasteiger partial charge in [-0.15, -0.1) is 11.3 Å². The van der Waals surface area contributed by atoms with Crippen LogP contribution in [0.15, 0.2) is 70.8 Å². The van der Waals surface area contributed by atoms with E-state index in [1.807, 2.05) is 41.8 Å². The molecule has 0 saturated carbocycles. The maximum absolute atomic E-state index is 12.7. The van der Waals surface area contributed by atoms with E-state index in [9.17, 15) is 14.4 Å². The molecule has 0 radical (unpaired) electrons. The zero-order valence-corrected chi connectivity index (χ0v) is 16.2. The Morgan fingerprint density at radius 3 is 2.31 bits per heavy atom. The first-order valence-electron chi connectivity index (χ1n) is 8.76. The number of nitrogens with zero attached hydrogens (tertiary/aromatic N) is 2. The van der Waals surface area contributed by atoms with Crippen molar-refractivity contribution >= 4 is 33.9 Å². The second-order valence-corrected chi connectivity index (χ2v) is 7.18. The molecule has 7 nitrogen and oxygen atoms in total. The van der Waals surface area contributed by atoms with Gasteiger partial charge in [-0.3, -0.25) is 25.2 Å². The maximum Gasteiger partial charge on any atom is 0.290 e. The molecule has 0 unspecified atom stereocenters. The smallest absolute Gasteiger partial charge is 0.267 e. The van der Waals surface area contributed by atoms with Crippen molar-refractivity contribution in [1.82, 2.24) is 20.6 Å². The van der Waals surface area contributed by atoms with Gasteiger partial charge in [-0.1, -0.05) is 48.5 Å². The van der Waals surface area contributed by atoms with Gasteiger partial charge >= 0.3 is 0 Å². The second kappa shape index (κ2) is 7.69. The van der Waals surface area contributed by atoms with Crippen LogP contribution in [0.4, 0.5) is 0 Å². The van der Waals surface area contributed by atoms with E-state index < -0.39 is 11.8 Å². The Hall–Kier alpha value is -3.78. The van der Waals surface area contributed by atoms with Crippen molar-refractivity contribution in [3.8, 4) is 11.1 Å². The van der Waals surface area contributed by atoms with Crippen LogP contribution in [0.25, 0.3) is 21.9 Å². The highest BCUT2D eigenvalue weighted by Crippen LogP contribution is 2.27. The van der Waals surface area contributed by atoms with Crippen LogP contribution in [0.3, 0.4) is 0 Å². The lowest BCUT2D eigenvalue weighted by Crippen LogP contribution is -2.42. The number of benzene rings is 2. The molecule has 4 rings (SSSR count). The van der Waals surface area contributed by atoms with Crippen LogP contribution < -0.4 is 16.4 Å². The summed E-state index contributed by atoms with van der Waals surface area (Å²) in [7, 11) is 1.47. The SMILES string of the molecule is Cn1nc(C(=O)NNC(=O)c2sccc2-c2ccccc2)c2ccccc2c1=O. The van der Waals surface area contributed by atoms with Crippen LogP contribution in [0.2, 0.25) is 0 Å². The molecule has 2 N–H and O–H groups in total. The number of aryl methyl sites for hydroxylation is 1. The number of nitrogens with one attached hydrogen (secondary N) is 2. The molecule has 2 amide bonds. The van der Waals surface area contributed by atoms with E-state index >= 15 is 0 Å². The van der Waals surface area contributed by atoms with Crippen LogP contribution in [0.1, 0.15) is 20.2 Å². The van der Waals surface area contributed by atoms with E-state index in [1.165, 1.54) is 18.4 Å². The first-order valence-corrected chi connectivity index (χ1v) is 9.64. The van der Waals surface area contributed by atoms with Gasteiger partial charge in [0, 0.05) is 18.0 Å². The largest absolute Gasteiger partial charge is 0.290 e. The average Bonchev–Trinajstić information content (AvgIpc) is 3.25. The molecule has 0 saturated heterocycles. The van der Waals surface area contributed by atoms with Gasteiger partial charge in [0.15, 0.2) is 5.69 Å². The van der Waals surface area contributed by atoms with E-state index in [-0.39, 0.29) is 11.3 Å². The summed E-state index contributed by atoms with van der Waals surface area (Å²) in [6, 6.07) is 18.1. The van der Waals surface area contributed by atoms with Crippen molar-refractivity contribution in [3.05, 3.63) is 87.0 Å². The third-order valence-corrected chi connectivity index (χ3v) is 5.33. The molecule has 4 aromatic rings. The Kier molecular flexibility index (Phi) is 4.92. The minimum atomic E-state index is -0.608. The number of hydrazine groups is 1. The Labute approximate surface area is 169 Å². The number of hydrogen-bond acceptors (Lipinski definition) is 5. The molecule has 0 aliphatic heterocycles. The quantitative estimate of drug-likeness (QED) is 0.514. The third kappa shape index (κ3) is 3.53. The van der Waals surface area contributed by atoms with Crippen molar-refractivity contribution in [2.45, 2.75) is 0 Å². The molecule has 2 aromatic carbocycles. The highest BCUT2D eigenvalue weighted by molar-refractivity contribution is 7.12. The lowest BCUT2D eigenvalue weighted by molar-refractivity contribution is 0.0846. The predicted molar refractivity (Wildman–Crippen MR) is 112 cm³/mol. The fourth-order valence-electron chi connectivity index (χ4n) is 3.03. The number of rotatable bonds is 3. The number of carbonyl (C=O) groups is 2. The Morgan fingerprint density at radius 2 is 1.55 bits per heavy atom. The number of aromatic nitrogens is 2. The molecule has 8 heteroatoms. The average molecular weight is 404 g/mol. The fraction of sp³-hybridized carbons (Fsp3) is 0.0476. The zero-order valence-electron chi connectivity index (χ0n) is 15.4. The van der Waals surface area contributed by atoms with E-state index in [0.717, 1.165) is 15.8 Å².